The molecule has 114 heavy (non-hydrogen) atoms. The highest BCUT2D eigenvalue weighted by molar-refractivity contribution is 6.84. The van der Waals surface area contributed by atoms with E-state index in [1.54, 1.807) is 0 Å². The molecule has 8 nitrogen and oxygen atoms in total. The lowest BCUT2D eigenvalue weighted by Crippen LogP contribution is -2.53. The summed E-state index contributed by atoms with van der Waals surface area (Å²) in [4.78, 5) is 39.1. The van der Waals surface area contributed by atoms with Gasteiger partial charge in [0.25, 0.3) is 11.8 Å². The highest BCUT2D eigenvalue weighted by Gasteiger charge is 2.30. The average molecular weight is 1520 g/mol. The van der Waals surface area contributed by atoms with Crippen LogP contribution in [0, 0.1) is 46.6 Å². The van der Waals surface area contributed by atoms with Gasteiger partial charge in [0.05, 0.1) is 12.1 Å². The molecule has 12 aromatic rings. The first kappa shape index (κ1) is 79.3. The Bertz CT molecular complexity index is 5310. The first-order chi connectivity index (χ1) is 55.2. The predicted octanol–water partition coefficient (Wildman–Crippen LogP) is 22.8. The molecule has 2 amide bonds. The van der Waals surface area contributed by atoms with E-state index in [4.69, 9.17) is 9.98 Å². The van der Waals surface area contributed by atoms with Crippen LogP contribution in [0.5, 0.6) is 0 Å². The normalized spacial score (nSPS) is 14.5. The van der Waals surface area contributed by atoms with Gasteiger partial charge in [0.15, 0.2) is 0 Å². The van der Waals surface area contributed by atoms with E-state index in [0.717, 1.165) is 149 Å². The molecule has 13 rings (SSSR count). The van der Waals surface area contributed by atoms with Gasteiger partial charge in [-0.2, -0.15) is 0 Å². The molecule has 0 spiro atoms. The number of nitrogens with zero attached hydrogens (tertiary/aromatic N) is 2. The number of carbonyl (C=O) groups is 2. The minimum absolute atomic E-state index is 0.0523. The highest BCUT2D eigenvalue weighted by atomic mass is 28.3. The summed E-state index contributed by atoms with van der Waals surface area (Å²) in [6, 6.07) is 103. The van der Waals surface area contributed by atoms with Crippen molar-refractivity contribution in [1.82, 2.24) is 21.3 Å². The van der Waals surface area contributed by atoms with E-state index in [9.17, 15) is 9.59 Å². The Morgan fingerprint density at radius 2 is 0.570 bits per heavy atom. The summed E-state index contributed by atoms with van der Waals surface area (Å²) < 4.78 is 0. The topological polar surface area (TPSA) is 107 Å². The summed E-state index contributed by atoms with van der Waals surface area (Å²) in [5.74, 6) is 21.5. The summed E-state index contributed by atoms with van der Waals surface area (Å²) in [6.45, 7) is 22.3. The molecule has 4 N–H and O–H groups in total. The molecule has 1 aliphatic rings. The van der Waals surface area contributed by atoms with Crippen LogP contribution in [0.15, 0.2) is 313 Å². The molecule has 0 aliphatic heterocycles. The maximum absolute atomic E-state index is 14.0. The predicted molar refractivity (Wildman–Crippen MR) is 480 cm³/mol. The Balaban J connectivity index is 0.679. The largest absolute Gasteiger partial charge is 0.363 e. The summed E-state index contributed by atoms with van der Waals surface area (Å²) in [5, 5.41) is 14.4. The number of amidine groups is 2. The molecule has 3 unspecified atom stereocenters. The minimum atomic E-state index is -1.58. The van der Waals surface area contributed by atoms with Gasteiger partial charge in [-0.1, -0.05) is 294 Å². The third kappa shape index (κ3) is 21.2. The van der Waals surface area contributed by atoms with Gasteiger partial charge in [-0.25, -0.2) is 0 Å². The van der Waals surface area contributed by atoms with Gasteiger partial charge in [-0.3, -0.25) is 19.6 Å². The Labute approximate surface area is 677 Å². The van der Waals surface area contributed by atoms with Crippen LogP contribution >= 0.6 is 0 Å². The highest BCUT2D eigenvalue weighted by Crippen LogP contribution is 2.38. The third-order valence-electron chi connectivity index (χ3n) is 20.5. The van der Waals surface area contributed by atoms with Crippen LogP contribution in [0.2, 0.25) is 39.3 Å². The van der Waals surface area contributed by atoms with Crippen LogP contribution in [0.25, 0.3) is 44.5 Å². The zero-order valence-electron chi connectivity index (χ0n) is 66.9. The minimum Gasteiger partial charge on any atom is -0.363 e. The standard InChI is InChI=1S/C104H98N6O2Si2/c1-73(83-27-15-11-16-28-83)105-101(106-74(2)84-29-17-12-18-30-84)99-93(35-25-37-95(99)89-61-49-81(50-62-89)69-71-113(5,6)7)87-57-45-77(46-58-87)41-43-79-53-65-91(66-54-79)103(111)109-97-39-23-24-40-98(97)110-104(112)92-67-55-80(56-68-92)44-42-78-47-59-88(60-48-78)94-36-26-38-96(90-63-51-82(52-64-90)70-72-114(8,9)10)100(94)102(107-75(3)85-31-19-13-20-32-85)108-76(4)86-33-21-14-22-34-86/h11-22,25-38,45-68,73-76,97-98H,23-24,39-40H2,1-10H3,(H,105,106)(H,107,108)(H,109,111)(H,110,112)/t73-,74-,75-,76?,97?,98?/m1/s1. The summed E-state index contributed by atoms with van der Waals surface area (Å²) in [7, 11) is -3.15. The lowest BCUT2D eigenvalue weighted by Gasteiger charge is -2.33. The number of amides is 2. The zero-order valence-corrected chi connectivity index (χ0v) is 68.9. The second kappa shape index (κ2) is 37.0. The van der Waals surface area contributed by atoms with Gasteiger partial charge in [0, 0.05) is 79.8 Å². The molecule has 0 radical (unpaired) electrons. The molecule has 0 bridgehead atoms. The van der Waals surface area contributed by atoms with Gasteiger partial charge in [-0.05, 0) is 204 Å². The van der Waals surface area contributed by atoms with Crippen LogP contribution in [0.1, 0.15) is 165 Å². The molecular formula is C104H98N6O2Si2. The second-order valence-corrected chi connectivity index (χ2v) is 41.0. The van der Waals surface area contributed by atoms with E-state index in [0.29, 0.717) is 11.1 Å². The molecule has 0 saturated heterocycles. The lowest BCUT2D eigenvalue weighted by atomic mass is 9.89. The Hall–Kier alpha value is -12.8. The quantitative estimate of drug-likeness (QED) is 0.0297. The average Bonchev–Trinajstić information content (AvgIpc) is 0.779. The molecule has 564 valence electrons. The van der Waals surface area contributed by atoms with Crippen molar-refractivity contribution in [3.8, 4) is 91.1 Å². The summed E-state index contributed by atoms with van der Waals surface area (Å²) in [5.41, 5.74) is 28.3. The molecule has 12 aromatic carbocycles. The Morgan fingerprint density at radius 1 is 0.316 bits per heavy atom. The Morgan fingerprint density at radius 3 is 0.842 bits per heavy atom. The summed E-state index contributed by atoms with van der Waals surface area (Å²) >= 11 is 0. The van der Waals surface area contributed by atoms with E-state index < -0.39 is 16.1 Å². The molecule has 1 fully saturated rings. The number of carbonyl (C=O) groups excluding carboxylic acids is 2. The van der Waals surface area contributed by atoms with E-state index in [1.807, 2.05) is 72.8 Å². The van der Waals surface area contributed by atoms with E-state index in [2.05, 4.69) is 365 Å². The second-order valence-electron chi connectivity index (χ2n) is 31.5. The van der Waals surface area contributed by atoms with Crippen LogP contribution < -0.4 is 21.3 Å². The molecule has 1 aliphatic carbocycles. The molecule has 0 heterocycles. The van der Waals surface area contributed by atoms with Crippen molar-refractivity contribution in [2.45, 2.75) is 129 Å². The number of aliphatic imine (C=N–C) groups is 2. The third-order valence-corrected chi connectivity index (χ3v) is 22.2. The molecule has 0 aromatic heterocycles. The van der Waals surface area contributed by atoms with E-state index in [-0.39, 0.29) is 48.1 Å². The SMILES string of the molecule is CC(NC(=N[C@H](C)c1ccccc1)c1c(-c2ccc(C#Cc3ccc(C(=O)NC4CCCCC4NC(=O)c4ccc(C#Cc5ccc(-c6cccc(-c7ccc(C#C[Si](C)(C)C)cc7)c6C(=N[C@H](C)c6ccccc6)N[C@H](C)c6ccccc6)cc5)cc4)cc3)cc2)cccc1-c1ccc(C#C[Si](C)(C)C)cc1)c1ccccc1. The van der Waals surface area contributed by atoms with Gasteiger partial charge >= 0.3 is 0 Å². The van der Waals surface area contributed by atoms with Crippen molar-refractivity contribution in [3.63, 3.8) is 0 Å². The van der Waals surface area contributed by atoms with Crippen LogP contribution in [-0.4, -0.2) is 51.7 Å². The number of benzene rings is 12. The van der Waals surface area contributed by atoms with Crippen LogP contribution in [0.4, 0.5) is 0 Å². The van der Waals surface area contributed by atoms with Crippen molar-refractivity contribution in [2.24, 2.45) is 9.98 Å². The van der Waals surface area contributed by atoms with Gasteiger partial charge in [0.2, 0.25) is 0 Å². The molecule has 6 atom stereocenters. The van der Waals surface area contributed by atoms with Crippen molar-refractivity contribution in [3.05, 3.63) is 381 Å². The van der Waals surface area contributed by atoms with Crippen molar-refractivity contribution in [1.29, 1.82) is 0 Å². The fourth-order valence-electron chi connectivity index (χ4n) is 14.1. The van der Waals surface area contributed by atoms with Gasteiger partial charge < -0.3 is 21.3 Å². The van der Waals surface area contributed by atoms with Crippen molar-refractivity contribution in [2.75, 3.05) is 0 Å². The van der Waals surface area contributed by atoms with E-state index >= 15 is 0 Å². The van der Waals surface area contributed by atoms with Gasteiger partial charge in [0.1, 0.15) is 27.8 Å². The maximum Gasteiger partial charge on any atom is 0.251 e. The first-order valence-electron chi connectivity index (χ1n) is 39.7. The number of nitrogens with one attached hydrogen (secondary N) is 4. The van der Waals surface area contributed by atoms with Crippen molar-refractivity contribution >= 4 is 39.6 Å². The molecule has 1 saturated carbocycles. The number of hydrogen-bond acceptors (Lipinski definition) is 4. The van der Waals surface area contributed by atoms with E-state index in [1.165, 1.54) is 0 Å². The zero-order chi connectivity index (χ0) is 79.6. The fourth-order valence-corrected chi connectivity index (χ4v) is 15.2. The van der Waals surface area contributed by atoms with Crippen molar-refractivity contribution < 1.29 is 9.59 Å². The fraction of sp³-hybridized carbons (Fsp3) is 0.192. The Kier molecular flexibility index (Phi) is 25.7. The van der Waals surface area contributed by atoms with Crippen LogP contribution in [0.3, 0.4) is 0 Å². The molecule has 10 heteroatoms. The summed E-state index contributed by atoms with van der Waals surface area (Å²) in [6.07, 6.45) is 3.40. The monoisotopic (exact) mass is 1520 g/mol. The lowest BCUT2D eigenvalue weighted by molar-refractivity contribution is 0.0863. The maximum atomic E-state index is 14.0. The first-order valence-corrected chi connectivity index (χ1v) is 46.7. The molecular weight excluding hydrogens is 1420 g/mol. The number of rotatable bonds is 18. The number of hydrogen-bond donors (Lipinski definition) is 4. The smallest absolute Gasteiger partial charge is 0.251 e. The van der Waals surface area contributed by atoms with Gasteiger partial charge in [-0.15, -0.1) is 11.1 Å². The van der Waals surface area contributed by atoms with Crippen LogP contribution in [-0.2, 0) is 0 Å².